The number of Topliss-reactive ketones (excluding diaryl/α,β-unsaturated/α-hetero) is 1. The third-order valence-corrected chi connectivity index (χ3v) is 6.39. The van der Waals surface area contributed by atoms with Gasteiger partial charge < -0.3 is 29.0 Å². The van der Waals surface area contributed by atoms with E-state index in [9.17, 15) is 14.7 Å². The van der Waals surface area contributed by atoms with Crippen molar-refractivity contribution >= 4 is 17.4 Å². The number of carbonyl (C=O) groups is 2. The SMILES string of the molecule is COc1ccc(/C(O)=C2\C(=O)C(=O)N(CCN3CCOCC3)C2c2cccc(OC)c2OC)cc1. The standard InChI is InChI=1S/C26H30N2O7/c1-32-18-9-7-17(8-10-18)23(29)21-22(19-5-4-6-20(33-2)25(19)34-3)28(26(31)24(21)30)12-11-27-13-15-35-16-14-27/h4-10,22,29H,11-16H2,1-3H3/b23-21+. The van der Waals surface area contributed by atoms with E-state index in [1.807, 2.05) is 0 Å². The molecule has 2 aromatic carbocycles. The van der Waals surface area contributed by atoms with Crippen LogP contribution in [0.15, 0.2) is 48.0 Å². The molecule has 2 fully saturated rings. The molecule has 2 aliphatic rings. The van der Waals surface area contributed by atoms with Gasteiger partial charge in [0.05, 0.1) is 46.2 Å². The zero-order chi connectivity index (χ0) is 24.9. The number of carbonyl (C=O) groups excluding carboxylic acids is 2. The Morgan fingerprint density at radius 1 is 0.971 bits per heavy atom. The second kappa shape index (κ2) is 10.8. The molecular weight excluding hydrogens is 452 g/mol. The summed E-state index contributed by atoms with van der Waals surface area (Å²) in [5, 5.41) is 11.3. The first-order chi connectivity index (χ1) is 17.0. The average Bonchev–Trinajstić information content (AvgIpc) is 3.16. The maximum Gasteiger partial charge on any atom is 0.295 e. The lowest BCUT2D eigenvalue weighted by Gasteiger charge is -2.31. The van der Waals surface area contributed by atoms with E-state index in [1.165, 1.54) is 19.1 Å². The molecule has 1 atom stereocenters. The molecule has 1 amide bonds. The fourth-order valence-corrected chi connectivity index (χ4v) is 4.54. The number of ether oxygens (including phenoxy) is 4. The van der Waals surface area contributed by atoms with Crippen molar-refractivity contribution in [2.24, 2.45) is 0 Å². The van der Waals surface area contributed by atoms with Crippen LogP contribution in [0.1, 0.15) is 17.2 Å². The number of benzene rings is 2. The largest absolute Gasteiger partial charge is 0.507 e. The lowest BCUT2D eigenvalue weighted by molar-refractivity contribution is -0.140. The fraction of sp³-hybridized carbons (Fsp3) is 0.385. The summed E-state index contributed by atoms with van der Waals surface area (Å²) >= 11 is 0. The molecule has 9 heteroatoms. The van der Waals surface area contributed by atoms with E-state index >= 15 is 0 Å². The van der Waals surface area contributed by atoms with Crippen molar-refractivity contribution in [2.45, 2.75) is 6.04 Å². The van der Waals surface area contributed by atoms with Gasteiger partial charge >= 0.3 is 0 Å². The number of para-hydroxylation sites is 1. The third-order valence-electron chi connectivity index (χ3n) is 6.39. The Bertz CT molecular complexity index is 1110. The molecule has 0 radical (unpaired) electrons. The Morgan fingerprint density at radius 3 is 2.31 bits per heavy atom. The topological polar surface area (TPSA) is 97.8 Å². The predicted octanol–water partition coefficient (Wildman–Crippen LogP) is 2.47. The number of likely N-dealkylation sites (tertiary alicyclic amines) is 1. The molecule has 2 aliphatic heterocycles. The Kier molecular flexibility index (Phi) is 7.57. The predicted molar refractivity (Wildman–Crippen MR) is 129 cm³/mol. The van der Waals surface area contributed by atoms with Crippen LogP contribution in [0.2, 0.25) is 0 Å². The minimum atomic E-state index is -0.844. The van der Waals surface area contributed by atoms with Gasteiger partial charge in [-0.05, 0) is 30.3 Å². The summed E-state index contributed by atoms with van der Waals surface area (Å²) in [6, 6.07) is 11.1. The normalized spacial score (nSPS) is 20.2. The summed E-state index contributed by atoms with van der Waals surface area (Å²) in [6.07, 6.45) is 0. The Morgan fingerprint density at radius 2 is 1.69 bits per heavy atom. The van der Waals surface area contributed by atoms with Crippen LogP contribution in [0.3, 0.4) is 0 Å². The smallest absolute Gasteiger partial charge is 0.295 e. The van der Waals surface area contributed by atoms with Crippen molar-refractivity contribution in [3.05, 3.63) is 59.2 Å². The van der Waals surface area contributed by atoms with E-state index in [-0.39, 0.29) is 11.3 Å². The van der Waals surface area contributed by atoms with Gasteiger partial charge in [0.15, 0.2) is 11.5 Å². The number of amides is 1. The molecule has 2 aromatic rings. The van der Waals surface area contributed by atoms with E-state index in [2.05, 4.69) is 4.90 Å². The number of aliphatic hydroxyl groups is 1. The van der Waals surface area contributed by atoms with Gasteiger partial charge in [-0.2, -0.15) is 0 Å². The van der Waals surface area contributed by atoms with Crippen LogP contribution in [0.4, 0.5) is 0 Å². The van der Waals surface area contributed by atoms with Gasteiger partial charge in [-0.1, -0.05) is 12.1 Å². The molecule has 1 unspecified atom stereocenters. The van der Waals surface area contributed by atoms with Crippen molar-refractivity contribution in [3.63, 3.8) is 0 Å². The molecule has 0 aromatic heterocycles. The maximum atomic E-state index is 13.3. The van der Waals surface area contributed by atoms with Gasteiger partial charge in [-0.15, -0.1) is 0 Å². The fourth-order valence-electron chi connectivity index (χ4n) is 4.54. The Balaban J connectivity index is 1.81. The quantitative estimate of drug-likeness (QED) is 0.348. The monoisotopic (exact) mass is 482 g/mol. The van der Waals surface area contributed by atoms with E-state index < -0.39 is 17.7 Å². The number of methoxy groups -OCH3 is 3. The number of aliphatic hydroxyl groups excluding tert-OH is 1. The highest BCUT2D eigenvalue weighted by Gasteiger charge is 2.47. The first-order valence-corrected chi connectivity index (χ1v) is 11.4. The van der Waals surface area contributed by atoms with Crippen LogP contribution in [0.5, 0.6) is 17.2 Å². The molecule has 2 saturated heterocycles. The van der Waals surface area contributed by atoms with Crippen LogP contribution in [0.25, 0.3) is 5.76 Å². The van der Waals surface area contributed by atoms with Gasteiger partial charge in [0.25, 0.3) is 11.7 Å². The average molecular weight is 483 g/mol. The molecule has 35 heavy (non-hydrogen) atoms. The van der Waals surface area contributed by atoms with Crippen molar-refractivity contribution < 1.29 is 33.6 Å². The van der Waals surface area contributed by atoms with E-state index in [0.29, 0.717) is 54.7 Å². The lowest BCUT2D eigenvalue weighted by Crippen LogP contribution is -2.42. The molecular formula is C26H30N2O7. The Hall–Kier alpha value is -3.56. The van der Waals surface area contributed by atoms with Gasteiger partial charge in [0, 0.05) is 37.3 Å². The van der Waals surface area contributed by atoms with Crippen molar-refractivity contribution in [1.29, 1.82) is 0 Å². The van der Waals surface area contributed by atoms with Crippen molar-refractivity contribution in [2.75, 3.05) is 60.7 Å². The second-order valence-corrected chi connectivity index (χ2v) is 8.26. The molecule has 0 aliphatic carbocycles. The van der Waals surface area contributed by atoms with Crippen molar-refractivity contribution in [1.82, 2.24) is 9.80 Å². The van der Waals surface area contributed by atoms with Gasteiger partial charge in [0.1, 0.15) is 11.5 Å². The molecule has 2 heterocycles. The van der Waals surface area contributed by atoms with Crippen LogP contribution >= 0.6 is 0 Å². The molecule has 1 N–H and O–H groups in total. The number of hydrogen-bond acceptors (Lipinski definition) is 8. The van der Waals surface area contributed by atoms with E-state index in [0.717, 1.165) is 13.1 Å². The summed E-state index contributed by atoms with van der Waals surface area (Å²) in [4.78, 5) is 30.3. The first-order valence-electron chi connectivity index (χ1n) is 11.4. The Labute approximate surface area is 204 Å². The first kappa shape index (κ1) is 24.6. The van der Waals surface area contributed by atoms with E-state index in [1.54, 1.807) is 49.6 Å². The summed E-state index contributed by atoms with van der Waals surface area (Å²) in [7, 11) is 4.57. The van der Waals surface area contributed by atoms with Crippen LogP contribution < -0.4 is 14.2 Å². The number of hydrogen-bond donors (Lipinski definition) is 1. The zero-order valence-electron chi connectivity index (χ0n) is 20.2. The van der Waals surface area contributed by atoms with Crippen molar-refractivity contribution in [3.8, 4) is 17.2 Å². The lowest BCUT2D eigenvalue weighted by atomic mass is 9.94. The maximum absolute atomic E-state index is 13.3. The third kappa shape index (κ3) is 4.82. The van der Waals surface area contributed by atoms with Gasteiger partial charge in [0.2, 0.25) is 0 Å². The minimum absolute atomic E-state index is 0.00805. The highest BCUT2D eigenvalue weighted by Crippen LogP contribution is 2.45. The summed E-state index contributed by atoms with van der Waals surface area (Å²) in [6.45, 7) is 3.63. The minimum Gasteiger partial charge on any atom is -0.507 e. The second-order valence-electron chi connectivity index (χ2n) is 8.26. The van der Waals surface area contributed by atoms with Gasteiger partial charge in [-0.25, -0.2) is 0 Å². The number of rotatable bonds is 8. The summed E-state index contributed by atoms with van der Waals surface area (Å²) in [5.74, 6) is -0.182. The number of ketones is 1. The van der Waals surface area contributed by atoms with Gasteiger partial charge in [-0.3, -0.25) is 14.5 Å². The zero-order valence-corrected chi connectivity index (χ0v) is 20.2. The number of morpholine rings is 1. The van der Waals surface area contributed by atoms with Crippen LogP contribution in [-0.4, -0.2) is 87.3 Å². The summed E-state index contributed by atoms with van der Waals surface area (Å²) in [5.41, 5.74) is 0.973. The molecule has 4 rings (SSSR count). The number of nitrogens with zero attached hydrogens (tertiary/aromatic N) is 2. The molecule has 186 valence electrons. The van der Waals surface area contributed by atoms with E-state index in [4.69, 9.17) is 18.9 Å². The highest BCUT2D eigenvalue weighted by atomic mass is 16.5. The molecule has 9 nitrogen and oxygen atoms in total. The molecule has 0 bridgehead atoms. The highest BCUT2D eigenvalue weighted by molar-refractivity contribution is 6.46. The van der Waals surface area contributed by atoms with Crippen LogP contribution in [0, 0.1) is 0 Å². The van der Waals surface area contributed by atoms with Crippen LogP contribution in [-0.2, 0) is 14.3 Å². The molecule has 0 saturated carbocycles. The molecule has 0 spiro atoms. The summed E-state index contributed by atoms with van der Waals surface area (Å²) < 4.78 is 21.7.